The summed E-state index contributed by atoms with van der Waals surface area (Å²) in [6.45, 7) is 5.12. The molecule has 0 spiro atoms. The molecule has 4 heteroatoms. The molecule has 1 aromatic heterocycles. The van der Waals surface area contributed by atoms with Crippen molar-refractivity contribution in [2.75, 3.05) is 0 Å². The van der Waals surface area contributed by atoms with Gasteiger partial charge in [-0.05, 0) is 25.0 Å². The summed E-state index contributed by atoms with van der Waals surface area (Å²) < 4.78 is 2.15. The van der Waals surface area contributed by atoms with E-state index in [1.807, 2.05) is 43.6 Å². The molecular formula is C15H20ClN3. The number of halogens is 1. The molecule has 3 nitrogen and oxygen atoms in total. The first-order chi connectivity index (χ1) is 9.04. The molecule has 1 atom stereocenters. The maximum Gasteiger partial charge on any atom is 0.110 e. The maximum atomic E-state index is 6.46. The third kappa shape index (κ3) is 3.17. The monoisotopic (exact) mass is 277 g/mol. The lowest BCUT2D eigenvalue weighted by atomic mass is 9.89. The smallest absolute Gasteiger partial charge is 0.110 e. The Kier molecular flexibility index (Phi) is 4.27. The second-order valence-electron chi connectivity index (χ2n) is 5.11. The van der Waals surface area contributed by atoms with Gasteiger partial charge in [0.05, 0.1) is 0 Å². The maximum absolute atomic E-state index is 6.46. The molecule has 0 aliphatic carbocycles. The van der Waals surface area contributed by atoms with E-state index in [9.17, 15) is 0 Å². The molecule has 2 N–H and O–H groups in total. The van der Waals surface area contributed by atoms with E-state index in [4.69, 9.17) is 17.3 Å². The summed E-state index contributed by atoms with van der Waals surface area (Å²) in [7, 11) is 0. The van der Waals surface area contributed by atoms with Crippen molar-refractivity contribution in [2.45, 2.75) is 38.8 Å². The van der Waals surface area contributed by atoms with E-state index in [-0.39, 0.29) is 0 Å². The van der Waals surface area contributed by atoms with Gasteiger partial charge in [-0.25, -0.2) is 4.98 Å². The molecule has 0 bridgehead atoms. The number of rotatable bonds is 5. The fourth-order valence-corrected chi connectivity index (χ4v) is 2.65. The van der Waals surface area contributed by atoms with Gasteiger partial charge in [-0.3, -0.25) is 0 Å². The van der Waals surface area contributed by atoms with Crippen LogP contribution in [0.25, 0.3) is 0 Å². The molecule has 0 amide bonds. The largest absolute Gasteiger partial charge is 0.335 e. The van der Waals surface area contributed by atoms with Gasteiger partial charge in [0.25, 0.3) is 0 Å². The highest BCUT2D eigenvalue weighted by Crippen LogP contribution is 2.28. The van der Waals surface area contributed by atoms with Crippen LogP contribution in [0.15, 0.2) is 36.7 Å². The molecule has 0 saturated carbocycles. The summed E-state index contributed by atoms with van der Waals surface area (Å²) in [5.41, 5.74) is 6.90. The molecule has 0 fully saturated rings. The lowest BCUT2D eigenvalue weighted by Gasteiger charge is -2.26. The van der Waals surface area contributed by atoms with Crippen molar-refractivity contribution >= 4 is 11.6 Å². The summed E-state index contributed by atoms with van der Waals surface area (Å²) in [5.74, 6) is 1.01. The van der Waals surface area contributed by atoms with Gasteiger partial charge in [-0.1, -0.05) is 36.7 Å². The molecule has 102 valence electrons. The Morgan fingerprint density at radius 2 is 2.11 bits per heavy atom. The topological polar surface area (TPSA) is 43.8 Å². The molecule has 0 aliphatic heterocycles. The van der Waals surface area contributed by atoms with Gasteiger partial charge in [-0.2, -0.15) is 0 Å². The SMILES string of the molecule is CCCn1ccnc1CC(C)(N)c1ccccc1Cl. The second-order valence-corrected chi connectivity index (χ2v) is 5.52. The number of aryl methyl sites for hydroxylation is 1. The Bertz CT molecular complexity index is 546. The first kappa shape index (κ1) is 14.1. The predicted molar refractivity (Wildman–Crippen MR) is 79.2 cm³/mol. The molecule has 1 heterocycles. The van der Waals surface area contributed by atoms with E-state index in [2.05, 4.69) is 16.5 Å². The molecule has 1 unspecified atom stereocenters. The van der Waals surface area contributed by atoms with Crippen molar-refractivity contribution in [2.24, 2.45) is 5.73 Å². The van der Waals surface area contributed by atoms with Crippen LogP contribution in [0.2, 0.25) is 5.02 Å². The number of benzene rings is 1. The normalized spacial score (nSPS) is 14.3. The van der Waals surface area contributed by atoms with Crippen LogP contribution >= 0.6 is 11.6 Å². The van der Waals surface area contributed by atoms with Crippen LogP contribution in [0.1, 0.15) is 31.7 Å². The molecule has 2 aromatic rings. The van der Waals surface area contributed by atoms with Gasteiger partial charge in [-0.15, -0.1) is 0 Å². The van der Waals surface area contributed by atoms with Gasteiger partial charge in [0.2, 0.25) is 0 Å². The fraction of sp³-hybridized carbons (Fsp3) is 0.400. The summed E-state index contributed by atoms with van der Waals surface area (Å²) in [6.07, 6.45) is 5.58. The van der Waals surface area contributed by atoms with Crippen LogP contribution in [0, 0.1) is 0 Å². The summed E-state index contributed by atoms with van der Waals surface area (Å²) in [5, 5.41) is 0.709. The Morgan fingerprint density at radius 1 is 1.37 bits per heavy atom. The summed E-state index contributed by atoms with van der Waals surface area (Å²) in [6, 6.07) is 7.74. The lowest BCUT2D eigenvalue weighted by Crippen LogP contribution is -2.36. The highest BCUT2D eigenvalue weighted by Gasteiger charge is 2.26. The minimum atomic E-state index is -0.519. The number of nitrogens with two attached hydrogens (primary N) is 1. The zero-order chi connectivity index (χ0) is 13.9. The van der Waals surface area contributed by atoms with Crippen molar-refractivity contribution in [1.29, 1.82) is 0 Å². The Morgan fingerprint density at radius 3 is 2.79 bits per heavy atom. The van der Waals surface area contributed by atoms with Crippen molar-refractivity contribution < 1.29 is 0 Å². The van der Waals surface area contributed by atoms with Crippen LogP contribution < -0.4 is 5.73 Å². The molecule has 19 heavy (non-hydrogen) atoms. The van der Waals surface area contributed by atoms with E-state index >= 15 is 0 Å². The van der Waals surface area contributed by atoms with Gasteiger partial charge >= 0.3 is 0 Å². The van der Waals surface area contributed by atoms with Crippen LogP contribution in [0.5, 0.6) is 0 Å². The molecule has 0 aliphatic rings. The van der Waals surface area contributed by atoms with E-state index in [1.165, 1.54) is 0 Å². The Balaban J connectivity index is 2.26. The third-order valence-electron chi connectivity index (χ3n) is 3.28. The van der Waals surface area contributed by atoms with Gasteiger partial charge in [0, 0.05) is 35.9 Å². The standard InChI is InChI=1S/C15H20ClN3/c1-3-9-19-10-8-18-14(19)11-15(2,17)12-6-4-5-7-13(12)16/h4-8,10H,3,9,11,17H2,1-2H3. The lowest BCUT2D eigenvalue weighted by molar-refractivity contribution is 0.462. The highest BCUT2D eigenvalue weighted by atomic mass is 35.5. The zero-order valence-electron chi connectivity index (χ0n) is 11.4. The number of aromatic nitrogens is 2. The first-order valence-electron chi connectivity index (χ1n) is 6.58. The van der Waals surface area contributed by atoms with Crippen LogP contribution in [0.4, 0.5) is 0 Å². The summed E-state index contributed by atoms with van der Waals surface area (Å²) >= 11 is 6.24. The van der Waals surface area contributed by atoms with Gasteiger partial charge in [0.1, 0.15) is 5.82 Å². The zero-order valence-corrected chi connectivity index (χ0v) is 12.2. The second kappa shape index (κ2) is 5.76. The van der Waals surface area contributed by atoms with Crippen LogP contribution in [0.3, 0.4) is 0 Å². The van der Waals surface area contributed by atoms with Crippen LogP contribution in [-0.2, 0) is 18.5 Å². The Hall–Kier alpha value is -1.32. The number of nitrogens with zero attached hydrogens (tertiary/aromatic N) is 2. The molecule has 1 aromatic carbocycles. The number of hydrogen-bond acceptors (Lipinski definition) is 2. The molecule has 0 saturated heterocycles. The Labute approximate surface area is 119 Å². The van der Waals surface area contributed by atoms with Gasteiger partial charge < -0.3 is 10.3 Å². The quantitative estimate of drug-likeness (QED) is 0.911. The molecular weight excluding hydrogens is 258 g/mol. The van der Waals surface area contributed by atoms with Crippen molar-refractivity contribution in [3.05, 3.63) is 53.1 Å². The van der Waals surface area contributed by atoms with Gasteiger partial charge in [0.15, 0.2) is 0 Å². The third-order valence-corrected chi connectivity index (χ3v) is 3.61. The van der Waals surface area contributed by atoms with E-state index in [1.54, 1.807) is 0 Å². The average molecular weight is 278 g/mol. The first-order valence-corrected chi connectivity index (χ1v) is 6.96. The molecule has 2 rings (SSSR count). The van der Waals surface area contributed by atoms with Crippen molar-refractivity contribution in [3.8, 4) is 0 Å². The minimum Gasteiger partial charge on any atom is -0.335 e. The average Bonchev–Trinajstić information content (AvgIpc) is 2.77. The van der Waals surface area contributed by atoms with Crippen molar-refractivity contribution in [3.63, 3.8) is 0 Å². The number of hydrogen-bond donors (Lipinski definition) is 1. The van der Waals surface area contributed by atoms with E-state index in [0.717, 1.165) is 24.4 Å². The van der Waals surface area contributed by atoms with E-state index < -0.39 is 5.54 Å². The predicted octanol–water partition coefficient (Wildman–Crippen LogP) is 3.36. The number of imidazole rings is 1. The molecule has 0 radical (unpaired) electrons. The highest BCUT2D eigenvalue weighted by molar-refractivity contribution is 6.31. The van der Waals surface area contributed by atoms with E-state index in [0.29, 0.717) is 11.4 Å². The van der Waals surface area contributed by atoms with Crippen LogP contribution in [-0.4, -0.2) is 9.55 Å². The fourth-order valence-electron chi connectivity index (χ4n) is 2.30. The van der Waals surface area contributed by atoms with Crippen molar-refractivity contribution in [1.82, 2.24) is 9.55 Å². The minimum absolute atomic E-state index is 0.519. The summed E-state index contributed by atoms with van der Waals surface area (Å²) in [4.78, 5) is 4.42.